The molecule has 0 saturated carbocycles. The zero-order chi connectivity index (χ0) is 17.3. The summed E-state index contributed by atoms with van der Waals surface area (Å²) in [7, 11) is 1.64. The van der Waals surface area contributed by atoms with Gasteiger partial charge in [-0.1, -0.05) is 0 Å². The minimum atomic E-state index is -0.105. The number of nitrogens with one attached hydrogen (secondary N) is 1. The van der Waals surface area contributed by atoms with Crippen molar-refractivity contribution < 1.29 is 9.53 Å². The van der Waals surface area contributed by atoms with Gasteiger partial charge in [-0.2, -0.15) is 0 Å². The van der Waals surface area contributed by atoms with Crippen molar-refractivity contribution in [2.24, 2.45) is 0 Å². The summed E-state index contributed by atoms with van der Waals surface area (Å²) in [5, 5.41) is 3.53. The molecule has 6 heteroatoms. The Labute approximate surface area is 149 Å². The van der Waals surface area contributed by atoms with Crippen molar-refractivity contribution in [3.05, 3.63) is 50.5 Å². The first-order valence-electron chi connectivity index (χ1n) is 7.48. The minimum absolute atomic E-state index is 0.105. The van der Waals surface area contributed by atoms with Crippen molar-refractivity contribution in [2.75, 3.05) is 12.4 Å². The predicted molar refractivity (Wildman–Crippen MR) is 101 cm³/mol. The lowest BCUT2D eigenvalue weighted by molar-refractivity contribution is 0.102. The van der Waals surface area contributed by atoms with Crippen LogP contribution in [0.2, 0.25) is 0 Å². The van der Waals surface area contributed by atoms with Gasteiger partial charge in [0.2, 0.25) is 0 Å². The Morgan fingerprint density at radius 1 is 1.08 bits per heavy atom. The molecule has 1 N–H and O–H groups in total. The molecule has 0 radical (unpaired) electrons. The van der Waals surface area contributed by atoms with Gasteiger partial charge in [-0.05, 0) is 51.1 Å². The van der Waals surface area contributed by atoms with E-state index in [-0.39, 0.29) is 5.91 Å². The molecular formula is C18H18N2O2S2. The minimum Gasteiger partial charge on any atom is -0.497 e. The maximum atomic E-state index is 12.4. The summed E-state index contributed by atoms with van der Waals surface area (Å²) in [5.41, 5.74) is 2.61. The highest BCUT2D eigenvalue weighted by atomic mass is 32.1. The van der Waals surface area contributed by atoms with E-state index in [4.69, 9.17) is 4.74 Å². The van der Waals surface area contributed by atoms with Crippen LogP contribution in [0, 0.1) is 20.8 Å². The van der Waals surface area contributed by atoms with Crippen molar-refractivity contribution in [3.63, 3.8) is 0 Å². The maximum absolute atomic E-state index is 12.4. The van der Waals surface area contributed by atoms with Gasteiger partial charge in [0.05, 0.1) is 18.4 Å². The summed E-state index contributed by atoms with van der Waals surface area (Å²) in [5.74, 6) is 0.704. The van der Waals surface area contributed by atoms with E-state index in [1.54, 1.807) is 18.4 Å². The van der Waals surface area contributed by atoms with Crippen molar-refractivity contribution in [3.8, 4) is 17.0 Å². The number of thiophene rings is 1. The van der Waals surface area contributed by atoms with Gasteiger partial charge in [0.15, 0.2) is 5.13 Å². The number of thiazole rings is 1. The van der Waals surface area contributed by atoms with Crippen LogP contribution in [0.25, 0.3) is 11.3 Å². The molecule has 0 aliphatic heterocycles. The second kappa shape index (κ2) is 6.75. The lowest BCUT2D eigenvalue weighted by Crippen LogP contribution is -2.11. The summed E-state index contributed by atoms with van der Waals surface area (Å²) >= 11 is 3.11. The number of methoxy groups -OCH3 is 1. The topological polar surface area (TPSA) is 51.2 Å². The van der Waals surface area contributed by atoms with E-state index in [0.29, 0.717) is 5.13 Å². The molecule has 0 spiro atoms. The van der Waals surface area contributed by atoms with E-state index < -0.39 is 0 Å². The highest BCUT2D eigenvalue weighted by molar-refractivity contribution is 7.16. The summed E-state index contributed by atoms with van der Waals surface area (Å²) in [6.45, 7) is 5.97. The molecule has 0 fully saturated rings. The molecule has 3 rings (SSSR count). The number of carbonyl (C=O) groups excluding carboxylic acids is 1. The summed E-state index contributed by atoms with van der Waals surface area (Å²) in [4.78, 5) is 20.2. The lowest BCUT2D eigenvalue weighted by Gasteiger charge is -2.02. The molecule has 24 heavy (non-hydrogen) atoms. The van der Waals surface area contributed by atoms with Crippen LogP contribution in [0.5, 0.6) is 5.75 Å². The molecule has 0 aliphatic rings. The number of carbonyl (C=O) groups is 1. The number of rotatable bonds is 4. The molecule has 4 nitrogen and oxygen atoms in total. The molecular weight excluding hydrogens is 340 g/mol. The van der Waals surface area contributed by atoms with Crippen LogP contribution in [0.4, 0.5) is 5.13 Å². The van der Waals surface area contributed by atoms with Gasteiger partial charge in [0, 0.05) is 20.2 Å². The summed E-state index contributed by atoms with van der Waals surface area (Å²) in [6, 6.07) is 9.67. The lowest BCUT2D eigenvalue weighted by atomic mass is 10.1. The van der Waals surface area contributed by atoms with E-state index in [1.165, 1.54) is 11.3 Å². The Morgan fingerprint density at radius 2 is 1.79 bits per heavy atom. The fourth-order valence-electron chi connectivity index (χ4n) is 2.49. The van der Waals surface area contributed by atoms with Gasteiger partial charge in [-0.3, -0.25) is 10.1 Å². The largest absolute Gasteiger partial charge is 0.497 e. The molecule has 3 aromatic rings. The number of nitrogens with zero attached hydrogens (tertiary/aromatic N) is 1. The normalized spacial score (nSPS) is 10.7. The van der Waals surface area contributed by atoms with Gasteiger partial charge in [-0.15, -0.1) is 22.7 Å². The van der Waals surface area contributed by atoms with Crippen molar-refractivity contribution in [2.45, 2.75) is 20.8 Å². The van der Waals surface area contributed by atoms with Crippen LogP contribution in [-0.4, -0.2) is 18.0 Å². The molecule has 0 atom stereocenters. The van der Waals surface area contributed by atoms with Crippen molar-refractivity contribution in [1.82, 2.24) is 4.98 Å². The molecule has 1 aromatic carbocycles. The van der Waals surface area contributed by atoms with E-state index in [1.807, 2.05) is 51.1 Å². The number of aromatic nitrogens is 1. The van der Waals surface area contributed by atoms with Crippen LogP contribution < -0.4 is 10.1 Å². The van der Waals surface area contributed by atoms with E-state index >= 15 is 0 Å². The van der Waals surface area contributed by atoms with Gasteiger partial charge in [0.1, 0.15) is 5.75 Å². The predicted octanol–water partition coefficient (Wildman–Crippen LogP) is 5.06. The number of ether oxygens (including phenoxy) is 1. The van der Waals surface area contributed by atoms with Crippen molar-refractivity contribution in [1.29, 1.82) is 0 Å². The van der Waals surface area contributed by atoms with Crippen LogP contribution in [0.1, 0.15) is 25.0 Å². The Bertz CT molecular complexity index is 879. The molecule has 2 heterocycles. The van der Waals surface area contributed by atoms with Crippen LogP contribution in [0.15, 0.2) is 30.3 Å². The second-order valence-corrected chi connectivity index (χ2v) is 8.10. The molecule has 0 unspecified atom stereocenters. The smallest absolute Gasteiger partial charge is 0.258 e. The van der Waals surface area contributed by atoms with E-state index in [2.05, 4.69) is 10.3 Å². The first-order valence-corrected chi connectivity index (χ1v) is 9.11. The molecule has 0 saturated heterocycles. The van der Waals surface area contributed by atoms with Gasteiger partial charge >= 0.3 is 0 Å². The van der Waals surface area contributed by atoms with E-state index in [0.717, 1.165) is 37.2 Å². The first-order chi connectivity index (χ1) is 11.5. The van der Waals surface area contributed by atoms with Crippen molar-refractivity contribution >= 4 is 33.7 Å². The Kier molecular flexibility index (Phi) is 4.69. The number of hydrogen-bond donors (Lipinski definition) is 1. The average Bonchev–Trinajstić information content (AvgIpc) is 3.09. The van der Waals surface area contributed by atoms with Gasteiger partial charge in [-0.25, -0.2) is 4.98 Å². The van der Waals surface area contributed by atoms with E-state index in [9.17, 15) is 4.79 Å². The fraction of sp³-hybridized carbons (Fsp3) is 0.222. The van der Waals surface area contributed by atoms with Crippen LogP contribution in [-0.2, 0) is 0 Å². The third kappa shape index (κ3) is 3.34. The number of anilines is 1. The Morgan fingerprint density at radius 3 is 2.38 bits per heavy atom. The van der Waals surface area contributed by atoms with Crippen LogP contribution >= 0.6 is 22.7 Å². The zero-order valence-electron chi connectivity index (χ0n) is 14.0. The molecule has 0 aliphatic carbocycles. The number of hydrogen-bond acceptors (Lipinski definition) is 5. The third-order valence-corrected chi connectivity index (χ3v) is 5.52. The SMILES string of the molecule is COc1ccc(-c2nc(NC(=O)c3cc(C)sc3C)sc2C)cc1. The molecule has 1 amide bonds. The fourth-order valence-corrected chi connectivity index (χ4v) is 4.24. The molecule has 2 aromatic heterocycles. The van der Waals surface area contributed by atoms with Gasteiger partial charge < -0.3 is 4.74 Å². The Balaban J connectivity index is 1.83. The third-order valence-electron chi connectivity index (χ3n) is 3.67. The monoisotopic (exact) mass is 358 g/mol. The zero-order valence-corrected chi connectivity index (χ0v) is 15.6. The highest BCUT2D eigenvalue weighted by Crippen LogP contribution is 2.32. The highest BCUT2D eigenvalue weighted by Gasteiger charge is 2.16. The Hall–Kier alpha value is -2.18. The standard InChI is InChI=1S/C18H18N2O2S2/c1-10-9-15(11(2)23-10)17(21)20-18-19-16(12(3)24-18)13-5-7-14(22-4)8-6-13/h5-9H,1-4H3,(H,19,20,21). The number of amides is 1. The average molecular weight is 358 g/mol. The second-order valence-electron chi connectivity index (χ2n) is 5.43. The first kappa shape index (κ1) is 16.7. The van der Waals surface area contributed by atoms with Gasteiger partial charge in [0.25, 0.3) is 5.91 Å². The maximum Gasteiger partial charge on any atom is 0.258 e. The molecule has 124 valence electrons. The molecule has 0 bridgehead atoms. The number of benzene rings is 1. The summed E-state index contributed by atoms with van der Waals surface area (Å²) < 4.78 is 5.18. The number of aryl methyl sites for hydroxylation is 3. The van der Waals surface area contributed by atoms with Crippen LogP contribution in [0.3, 0.4) is 0 Å². The quantitative estimate of drug-likeness (QED) is 0.709. The summed E-state index contributed by atoms with van der Waals surface area (Å²) in [6.07, 6.45) is 0.